The SMILES string of the molecule is CCCc1c(O)cc(C(C)(C)C)cc1O. The van der Waals surface area contributed by atoms with Crippen molar-refractivity contribution in [2.24, 2.45) is 0 Å². The standard InChI is InChI=1S/C13H20O2/c1-5-6-10-11(14)7-9(8-12(10)15)13(2,3)4/h7-8,14-15H,5-6H2,1-4H3. The molecule has 0 aromatic heterocycles. The highest BCUT2D eigenvalue weighted by atomic mass is 16.3. The minimum absolute atomic E-state index is 0.0558. The van der Waals surface area contributed by atoms with Crippen LogP contribution in [0, 0.1) is 0 Å². The molecule has 0 aliphatic rings. The zero-order chi connectivity index (χ0) is 11.6. The van der Waals surface area contributed by atoms with Crippen molar-refractivity contribution in [1.82, 2.24) is 0 Å². The van der Waals surface area contributed by atoms with Gasteiger partial charge in [0.15, 0.2) is 0 Å². The minimum atomic E-state index is -0.0558. The number of rotatable bonds is 2. The van der Waals surface area contributed by atoms with Crippen LogP contribution in [0.4, 0.5) is 0 Å². The fraction of sp³-hybridized carbons (Fsp3) is 0.538. The molecule has 1 rings (SSSR count). The average Bonchev–Trinajstić information content (AvgIpc) is 2.09. The molecule has 2 nitrogen and oxygen atoms in total. The molecule has 2 N–H and O–H groups in total. The van der Waals surface area contributed by atoms with Gasteiger partial charge in [-0.3, -0.25) is 0 Å². The van der Waals surface area contributed by atoms with Crippen molar-refractivity contribution >= 4 is 0 Å². The molecule has 0 radical (unpaired) electrons. The van der Waals surface area contributed by atoms with E-state index in [2.05, 4.69) is 20.8 Å². The minimum Gasteiger partial charge on any atom is -0.508 e. The summed E-state index contributed by atoms with van der Waals surface area (Å²) in [6.07, 6.45) is 1.62. The van der Waals surface area contributed by atoms with Gasteiger partial charge in [0.25, 0.3) is 0 Å². The predicted octanol–water partition coefficient (Wildman–Crippen LogP) is 3.35. The molecular formula is C13H20O2. The Kier molecular flexibility index (Phi) is 3.28. The number of hydrogen-bond donors (Lipinski definition) is 2. The van der Waals surface area contributed by atoms with Crippen molar-refractivity contribution in [3.8, 4) is 11.5 Å². The second-order valence-corrected chi connectivity index (χ2v) is 4.99. The van der Waals surface area contributed by atoms with E-state index in [1.54, 1.807) is 12.1 Å². The number of hydrogen-bond acceptors (Lipinski definition) is 2. The lowest BCUT2D eigenvalue weighted by Crippen LogP contribution is -2.11. The first-order chi connectivity index (χ1) is 6.86. The Balaban J connectivity index is 3.19. The summed E-state index contributed by atoms with van der Waals surface area (Å²) in [7, 11) is 0. The van der Waals surface area contributed by atoms with Crippen LogP contribution in [0.1, 0.15) is 45.2 Å². The molecule has 0 aliphatic heterocycles. The molecule has 0 saturated carbocycles. The van der Waals surface area contributed by atoms with Gasteiger partial charge in [0.2, 0.25) is 0 Å². The molecule has 0 saturated heterocycles. The van der Waals surface area contributed by atoms with E-state index in [-0.39, 0.29) is 16.9 Å². The van der Waals surface area contributed by atoms with Crippen LogP contribution in [0.25, 0.3) is 0 Å². The first-order valence-electron chi connectivity index (χ1n) is 5.41. The van der Waals surface area contributed by atoms with Crippen molar-refractivity contribution in [3.63, 3.8) is 0 Å². The number of benzene rings is 1. The zero-order valence-corrected chi connectivity index (χ0v) is 9.96. The van der Waals surface area contributed by atoms with E-state index in [4.69, 9.17) is 0 Å². The van der Waals surface area contributed by atoms with Crippen molar-refractivity contribution < 1.29 is 10.2 Å². The lowest BCUT2D eigenvalue weighted by molar-refractivity contribution is 0.432. The summed E-state index contributed by atoms with van der Waals surface area (Å²) in [5.41, 5.74) is 1.56. The highest BCUT2D eigenvalue weighted by molar-refractivity contribution is 5.48. The van der Waals surface area contributed by atoms with Crippen LogP contribution in [0.15, 0.2) is 12.1 Å². The Hall–Kier alpha value is -1.18. The van der Waals surface area contributed by atoms with Crippen molar-refractivity contribution in [3.05, 3.63) is 23.3 Å². The van der Waals surface area contributed by atoms with Crippen molar-refractivity contribution in [2.75, 3.05) is 0 Å². The molecule has 1 aromatic carbocycles. The van der Waals surface area contributed by atoms with Gasteiger partial charge >= 0.3 is 0 Å². The Morgan fingerprint density at radius 2 is 1.53 bits per heavy atom. The van der Waals surface area contributed by atoms with E-state index in [0.29, 0.717) is 12.0 Å². The van der Waals surface area contributed by atoms with E-state index in [9.17, 15) is 10.2 Å². The molecule has 0 unspecified atom stereocenters. The fourth-order valence-electron chi connectivity index (χ4n) is 1.58. The summed E-state index contributed by atoms with van der Waals surface area (Å²) in [4.78, 5) is 0. The molecular weight excluding hydrogens is 188 g/mol. The van der Waals surface area contributed by atoms with Gasteiger partial charge in [-0.05, 0) is 29.5 Å². The van der Waals surface area contributed by atoms with Gasteiger partial charge in [-0.2, -0.15) is 0 Å². The first-order valence-corrected chi connectivity index (χ1v) is 5.41. The maximum Gasteiger partial charge on any atom is 0.122 e. The van der Waals surface area contributed by atoms with Crippen molar-refractivity contribution in [2.45, 2.75) is 46.0 Å². The van der Waals surface area contributed by atoms with Crippen LogP contribution >= 0.6 is 0 Å². The third-order valence-electron chi connectivity index (χ3n) is 2.57. The summed E-state index contributed by atoms with van der Waals surface area (Å²) in [6.45, 7) is 8.19. The second kappa shape index (κ2) is 4.13. The lowest BCUT2D eigenvalue weighted by atomic mass is 9.85. The van der Waals surface area contributed by atoms with Gasteiger partial charge in [-0.15, -0.1) is 0 Å². The maximum absolute atomic E-state index is 9.81. The maximum atomic E-state index is 9.81. The summed E-state index contributed by atoms with van der Waals surface area (Å²) in [6, 6.07) is 3.51. The zero-order valence-electron chi connectivity index (χ0n) is 9.96. The lowest BCUT2D eigenvalue weighted by Gasteiger charge is -2.20. The predicted molar refractivity (Wildman–Crippen MR) is 62.5 cm³/mol. The quantitative estimate of drug-likeness (QED) is 0.782. The first kappa shape index (κ1) is 11.9. The Bertz CT molecular complexity index is 325. The van der Waals surface area contributed by atoms with Gasteiger partial charge < -0.3 is 10.2 Å². The molecule has 84 valence electrons. The van der Waals surface area contributed by atoms with Gasteiger partial charge in [-0.25, -0.2) is 0 Å². The van der Waals surface area contributed by atoms with E-state index in [1.165, 1.54) is 0 Å². The topological polar surface area (TPSA) is 40.5 Å². The van der Waals surface area contributed by atoms with Gasteiger partial charge in [0.1, 0.15) is 11.5 Å². The Labute approximate surface area is 91.6 Å². The smallest absolute Gasteiger partial charge is 0.122 e. The molecule has 15 heavy (non-hydrogen) atoms. The molecule has 0 amide bonds. The second-order valence-electron chi connectivity index (χ2n) is 4.99. The highest BCUT2D eigenvalue weighted by Gasteiger charge is 2.18. The monoisotopic (exact) mass is 208 g/mol. The summed E-state index contributed by atoms with van der Waals surface area (Å²) in [5, 5.41) is 19.6. The molecule has 2 heteroatoms. The molecule has 0 fully saturated rings. The van der Waals surface area contributed by atoms with Crippen LogP contribution in [0.5, 0.6) is 11.5 Å². The molecule has 0 aliphatic carbocycles. The largest absolute Gasteiger partial charge is 0.508 e. The summed E-state index contributed by atoms with van der Waals surface area (Å²) < 4.78 is 0. The van der Waals surface area contributed by atoms with Crippen LogP contribution in [-0.4, -0.2) is 10.2 Å². The van der Waals surface area contributed by atoms with Gasteiger partial charge in [-0.1, -0.05) is 34.1 Å². The van der Waals surface area contributed by atoms with Gasteiger partial charge in [0, 0.05) is 5.56 Å². The normalized spacial score (nSPS) is 11.7. The number of aromatic hydroxyl groups is 2. The van der Waals surface area contributed by atoms with Crippen LogP contribution in [-0.2, 0) is 11.8 Å². The molecule has 1 aromatic rings. The molecule has 0 spiro atoms. The molecule has 0 bridgehead atoms. The van der Waals surface area contributed by atoms with Crippen LogP contribution in [0.3, 0.4) is 0 Å². The summed E-state index contributed by atoms with van der Waals surface area (Å²) >= 11 is 0. The Morgan fingerprint density at radius 1 is 1.07 bits per heavy atom. The van der Waals surface area contributed by atoms with Crippen LogP contribution in [0.2, 0.25) is 0 Å². The third-order valence-corrected chi connectivity index (χ3v) is 2.57. The fourth-order valence-corrected chi connectivity index (χ4v) is 1.58. The van der Waals surface area contributed by atoms with Gasteiger partial charge in [0.05, 0.1) is 0 Å². The van der Waals surface area contributed by atoms with E-state index >= 15 is 0 Å². The number of phenols is 2. The van der Waals surface area contributed by atoms with E-state index in [1.807, 2.05) is 6.92 Å². The van der Waals surface area contributed by atoms with Crippen LogP contribution < -0.4 is 0 Å². The highest BCUT2D eigenvalue weighted by Crippen LogP contribution is 2.34. The van der Waals surface area contributed by atoms with Crippen molar-refractivity contribution in [1.29, 1.82) is 0 Å². The Morgan fingerprint density at radius 3 is 1.87 bits per heavy atom. The summed E-state index contributed by atoms with van der Waals surface area (Å²) in [5.74, 6) is 0.420. The van der Waals surface area contributed by atoms with E-state index < -0.39 is 0 Å². The average molecular weight is 208 g/mol. The molecule has 0 atom stereocenters. The number of phenolic OH excluding ortho intramolecular Hbond substituents is 2. The third kappa shape index (κ3) is 2.65. The molecule has 0 heterocycles. The van der Waals surface area contributed by atoms with E-state index in [0.717, 1.165) is 12.0 Å².